The average Bonchev–Trinajstić information content (AvgIpc) is 3.50. The van der Waals surface area contributed by atoms with Crippen molar-refractivity contribution in [2.75, 3.05) is 172 Å². The Morgan fingerprint density at radius 3 is 0.849 bits per heavy atom. The Balaban J connectivity index is 1.12. The van der Waals surface area contributed by atoms with Crippen LogP contribution in [0.15, 0.2) is 42.5 Å². The molecule has 0 radical (unpaired) electrons. The van der Waals surface area contributed by atoms with E-state index in [-0.39, 0.29) is 25.0 Å². The van der Waals surface area contributed by atoms with Gasteiger partial charge in [0.25, 0.3) is 11.8 Å². The number of carbonyl (C=O) groups is 2. The van der Waals surface area contributed by atoms with Crippen molar-refractivity contribution in [3.8, 4) is 0 Å². The van der Waals surface area contributed by atoms with Gasteiger partial charge >= 0.3 is 0 Å². The third-order valence-corrected chi connectivity index (χ3v) is 6.94. The van der Waals surface area contributed by atoms with Gasteiger partial charge in [-0.1, -0.05) is 30.3 Å². The van der Waals surface area contributed by atoms with Crippen LogP contribution in [0, 0.1) is 0 Å². The van der Waals surface area contributed by atoms with Gasteiger partial charge in [-0.05, 0) is 5.56 Å². The lowest BCUT2D eigenvalue weighted by molar-refractivity contribution is -0.137. The fourth-order valence-electron chi connectivity index (χ4n) is 4.21. The van der Waals surface area contributed by atoms with Crippen molar-refractivity contribution in [2.24, 2.45) is 0 Å². The first-order chi connectivity index (χ1) is 26.3. The summed E-state index contributed by atoms with van der Waals surface area (Å²) in [5.74, 6) is -0.616. The molecular formula is C37H61NO15. The van der Waals surface area contributed by atoms with Crippen LogP contribution in [0.2, 0.25) is 0 Å². The number of nitrogens with zero attached hydrogens (tertiary/aromatic N) is 1. The van der Waals surface area contributed by atoms with E-state index in [4.69, 9.17) is 61.6 Å². The third kappa shape index (κ3) is 29.6. The molecule has 0 aliphatic carbocycles. The highest BCUT2D eigenvalue weighted by Gasteiger charge is 2.22. The van der Waals surface area contributed by atoms with Crippen LogP contribution in [-0.2, 0) is 77.8 Å². The Morgan fingerprint density at radius 2 is 0.566 bits per heavy atom. The van der Waals surface area contributed by atoms with Gasteiger partial charge < -0.3 is 61.6 Å². The molecule has 2 amide bonds. The lowest BCUT2D eigenvalue weighted by atomic mass is 10.2. The van der Waals surface area contributed by atoms with Crippen molar-refractivity contribution in [1.29, 1.82) is 0 Å². The largest absolute Gasteiger partial charge is 0.377 e. The topological polar surface area (TPSA) is 157 Å². The molecule has 0 N–H and O–H groups in total. The molecule has 2 rings (SSSR count). The first kappa shape index (κ1) is 46.7. The van der Waals surface area contributed by atoms with Crippen molar-refractivity contribution >= 4 is 11.8 Å². The lowest BCUT2D eigenvalue weighted by Crippen LogP contribution is -2.33. The molecule has 0 saturated heterocycles. The highest BCUT2D eigenvalue weighted by molar-refractivity contribution is 6.12. The number of carbonyl (C=O) groups excluding carboxylic acids is 2. The lowest BCUT2D eigenvalue weighted by Gasteiger charge is -2.13. The minimum Gasteiger partial charge on any atom is -0.377 e. The number of hydrogen-bond donors (Lipinski definition) is 0. The molecule has 16 heteroatoms. The molecule has 1 aliphatic rings. The summed E-state index contributed by atoms with van der Waals surface area (Å²) in [5, 5.41) is 0. The molecule has 0 fully saturated rings. The van der Waals surface area contributed by atoms with Crippen LogP contribution >= 0.6 is 0 Å². The number of benzene rings is 1. The standard InChI is InChI=1S/C37H61NO15/c39-36-6-7-37(40)38(36)8-9-41-10-11-42-12-13-43-14-15-44-16-17-45-18-19-46-20-21-47-22-23-48-24-25-49-26-27-50-28-29-51-30-31-52-32-33-53-34-35-4-2-1-3-5-35/h1-7H,8-34H2. The maximum atomic E-state index is 11.4. The molecule has 1 aliphatic heterocycles. The number of ether oxygens (including phenoxy) is 13. The van der Waals surface area contributed by atoms with Crippen molar-refractivity contribution < 1.29 is 71.2 Å². The van der Waals surface area contributed by atoms with Crippen LogP contribution < -0.4 is 0 Å². The molecule has 1 aromatic rings. The third-order valence-electron chi connectivity index (χ3n) is 6.94. The molecule has 0 atom stereocenters. The Hall–Kier alpha value is -2.42. The van der Waals surface area contributed by atoms with Gasteiger partial charge in [-0.25, -0.2) is 0 Å². The first-order valence-electron chi connectivity index (χ1n) is 18.4. The summed E-state index contributed by atoms with van der Waals surface area (Å²) in [7, 11) is 0. The Labute approximate surface area is 314 Å². The predicted molar refractivity (Wildman–Crippen MR) is 192 cm³/mol. The van der Waals surface area contributed by atoms with Crippen molar-refractivity contribution in [3.05, 3.63) is 48.0 Å². The van der Waals surface area contributed by atoms with E-state index in [1.807, 2.05) is 30.3 Å². The molecule has 1 heterocycles. The van der Waals surface area contributed by atoms with Gasteiger partial charge in [-0.3, -0.25) is 14.5 Å². The summed E-state index contributed by atoms with van der Waals surface area (Å²) < 4.78 is 71.2. The van der Waals surface area contributed by atoms with Gasteiger partial charge in [0.05, 0.1) is 178 Å². The summed E-state index contributed by atoms with van der Waals surface area (Å²) in [4.78, 5) is 24.0. The Kier molecular flexibility index (Phi) is 32.2. The molecular weight excluding hydrogens is 698 g/mol. The monoisotopic (exact) mass is 759 g/mol. The second kappa shape index (κ2) is 36.6. The minimum atomic E-state index is -0.308. The molecule has 0 spiro atoms. The second-order valence-corrected chi connectivity index (χ2v) is 11.0. The quantitative estimate of drug-likeness (QED) is 0.0696. The van der Waals surface area contributed by atoms with Crippen LogP contribution in [-0.4, -0.2) is 188 Å². The minimum absolute atomic E-state index is 0.237. The Morgan fingerprint density at radius 1 is 0.321 bits per heavy atom. The van der Waals surface area contributed by atoms with E-state index in [0.717, 1.165) is 10.5 Å². The molecule has 0 saturated carbocycles. The molecule has 0 aromatic heterocycles. The summed E-state index contributed by atoms with van der Waals surface area (Å²) in [6.45, 7) is 12.8. The number of amides is 2. The van der Waals surface area contributed by atoms with E-state index >= 15 is 0 Å². The van der Waals surface area contributed by atoms with Crippen molar-refractivity contribution in [2.45, 2.75) is 6.61 Å². The second-order valence-electron chi connectivity index (χ2n) is 11.0. The summed E-state index contributed by atoms with van der Waals surface area (Å²) in [5.41, 5.74) is 1.15. The van der Waals surface area contributed by atoms with Crippen LogP contribution in [0.4, 0.5) is 0 Å². The van der Waals surface area contributed by atoms with Crippen LogP contribution in [0.5, 0.6) is 0 Å². The zero-order valence-electron chi connectivity index (χ0n) is 31.2. The molecule has 16 nitrogen and oxygen atoms in total. The van der Waals surface area contributed by atoms with Crippen LogP contribution in [0.25, 0.3) is 0 Å². The number of rotatable bonds is 41. The van der Waals surface area contributed by atoms with Gasteiger partial charge in [0, 0.05) is 12.2 Å². The number of hydrogen-bond acceptors (Lipinski definition) is 15. The molecule has 0 unspecified atom stereocenters. The summed E-state index contributed by atoms with van der Waals surface area (Å²) in [6, 6.07) is 10.1. The highest BCUT2D eigenvalue weighted by Crippen LogP contribution is 2.02. The van der Waals surface area contributed by atoms with Crippen LogP contribution in [0.3, 0.4) is 0 Å². The van der Waals surface area contributed by atoms with E-state index in [2.05, 4.69) is 0 Å². The predicted octanol–water partition coefficient (Wildman–Crippen LogP) is 1.33. The molecule has 304 valence electrons. The van der Waals surface area contributed by atoms with Crippen molar-refractivity contribution in [1.82, 2.24) is 4.90 Å². The number of imide groups is 1. The highest BCUT2D eigenvalue weighted by atomic mass is 16.6. The van der Waals surface area contributed by atoms with E-state index < -0.39 is 0 Å². The van der Waals surface area contributed by atoms with E-state index in [1.165, 1.54) is 12.2 Å². The molecule has 53 heavy (non-hydrogen) atoms. The molecule has 1 aromatic carbocycles. The summed E-state index contributed by atoms with van der Waals surface area (Å²) in [6.07, 6.45) is 2.51. The zero-order valence-corrected chi connectivity index (χ0v) is 31.2. The van der Waals surface area contributed by atoms with Gasteiger partial charge in [-0.15, -0.1) is 0 Å². The van der Waals surface area contributed by atoms with Gasteiger partial charge in [0.1, 0.15) is 0 Å². The fraction of sp³-hybridized carbons (Fsp3) is 0.730. The van der Waals surface area contributed by atoms with Crippen molar-refractivity contribution in [3.63, 3.8) is 0 Å². The fourth-order valence-corrected chi connectivity index (χ4v) is 4.21. The van der Waals surface area contributed by atoms with Gasteiger partial charge in [-0.2, -0.15) is 0 Å². The normalized spacial score (nSPS) is 12.9. The van der Waals surface area contributed by atoms with E-state index in [9.17, 15) is 9.59 Å². The summed E-state index contributed by atoms with van der Waals surface area (Å²) >= 11 is 0. The molecule has 0 bridgehead atoms. The maximum Gasteiger partial charge on any atom is 0.253 e. The Bertz CT molecular complexity index is 986. The zero-order chi connectivity index (χ0) is 37.5. The SMILES string of the molecule is O=C1C=CC(=O)N1CCOCCOCCOCCOCCOCCOCCOCCOCCOCCOCCOCCOCCOCc1ccccc1. The van der Waals surface area contributed by atoms with Gasteiger partial charge in [0.15, 0.2) is 0 Å². The van der Waals surface area contributed by atoms with E-state index in [0.29, 0.717) is 165 Å². The smallest absolute Gasteiger partial charge is 0.253 e. The van der Waals surface area contributed by atoms with Crippen LogP contribution in [0.1, 0.15) is 5.56 Å². The average molecular weight is 760 g/mol. The van der Waals surface area contributed by atoms with Gasteiger partial charge in [0.2, 0.25) is 0 Å². The first-order valence-corrected chi connectivity index (χ1v) is 18.4. The maximum absolute atomic E-state index is 11.4. The van der Waals surface area contributed by atoms with E-state index in [1.54, 1.807) is 0 Å².